The Morgan fingerprint density at radius 2 is 2.50 bits per heavy atom. The molecule has 1 saturated heterocycles. The molecule has 0 aromatic carbocycles. The number of thiophene rings is 1. The van der Waals surface area contributed by atoms with E-state index in [0.29, 0.717) is 0 Å². The third-order valence-electron chi connectivity index (χ3n) is 2.48. The molecule has 1 aliphatic heterocycles. The minimum atomic E-state index is -0.118. The van der Waals surface area contributed by atoms with Crippen molar-refractivity contribution in [2.75, 3.05) is 13.1 Å². The van der Waals surface area contributed by atoms with Crippen LogP contribution in [0.25, 0.3) is 0 Å². The van der Waals surface area contributed by atoms with Crippen LogP contribution in [0.3, 0.4) is 0 Å². The van der Waals surface area contributed by atoms with Crippen molar-refractivity contribution in [1.82, 2.24) is 4.90 Å². The van der Waals surface area contributed by atoms with Gasteiger partial charge in [-0.25, -0.2) is 0 Å². The fraction of sp³-hybridized carbons (Fsp3) is 0.600. The van der Waals surface area contributed by atoms with Gasteiger partial charge in [-0.05, 0) is 41.4 Å². The maximum Gasteiger partial charge on any atom is 0.0667 e. The van der Waals surface area contributed by atoms with E-state index >= 15 is 0 Å². The van der Waals surface area contributed by atoms with Crippen molar-refractivity contribution in [2.24, 2.45) is 0 Å². The monoisotopic (exact) mass is 275 g/mol. The number of likely N-dealkylation sites (tertiary alicyclic amines) is 1. The summed E-state index contributed by atoms with van der Waals surface area (Å²) in [7, 11) is 0. The zero-order valence-corrected chi connectivity index (χ0v) is 10.4. The Morgan fingerprint density at radius 3 is 3.14 bits per heavy atom. The van der Waals surface area contributed by atoms with E-state index in [1.54, 1.807) is 11.3 Å². The zero-order valence-electron chi connectivity index (χ0n) is 7.95. The molecular weight excluding hydrogens is 262 g/mol. The molecule has 2 nitrogen and oxygen atoms in total. The number of halogens is 1. The summed E-state index contributed by atoms with van der Waals surface area (Å²) >= 11 is 5.23. The first-order chi connectivity index (χ1) is 6.74. The van der Waals surface area contributed by atoms with Gasteiger partial charge in [0.1, 0.15) is 0 Å². The van der Waals surface area contributed by atoms with Crippen molar-refractivity contribution in [3.63, 3.8) is 0 Å². The lowest BCUT2D eigenvalue weighted by molar-refractivity contribution is 0.0673. The predicted molar refractivity (Wildman–Crippen MR) is 62.5 cm³/mol. The molecule has 1 aromatic rings. The highest BCUT2D eigenvalue weighted by atomic mass is 79.9. The van der Waals surface area contributed by atoms with E-state index in [4.69, 9.17) is 0 Å². The third kappa shape index (κ3) is 2.79. The van der Waals surface area contributed by atoms with E-state index in [2.05, 4.69) is 32.3 Å². The van der Waals surface area contributed by atoms with Gasteiger partial charge in [-0.1, -0.05) is 0 Å². The normalized spacial score (nSPS) is 24.0. The Hall–Kier alpha value is 0.1000. The Labute approximate surface area is 96.7 Å². The molecule has 1 N–H and O–H groups in total. The van der Waals surface area contributed by atoms with Crippen molar-refractivity contribution >= 4 is 27.3 Å². The van der Waals surface area contributed by atoms with Crippen LogP contribution >= 0.6 is 27.3 Å². The van der Waals surface area contributed by atoms with Crippen LogP contribution < -0.4 is 0 Å². The second kappa shape index (κ2) is 4.75. The molecule has 0 amide bonds. The number of rotatable bonds is 2. The Balaban J connectivity index is 1.90. The second-order valence-electron chi connectivity index (χ2n) is 3.76. The summed E-state index contributed by atoms with van der Waals surface area (Å²) in [5.74, 6) is 0. The molecule has 1 atom stereocenters. The van der Waals surface area contributed by atoms with E-state index in [-0.39, 0.29) is 6.10 Å². The van der Waals surface area contributed by atoms with Gasteiger partial charge in [0, 0.05) is 27.8 Å². The smallest absolute Gasteiger partial charge is 0.0667 e. The van der Waals surface area contributed by atoms with Crippen molar-refractivity contribution < 1.29 is 5.11 Å². The van der Waals surface area contributed by atoms with Crippen molar-refractivity contribution in [2.45, 2.75) is 25.5 Å². The fourth-order valence-corrected chi connectivity index (χ4v) is 3.32. The quantitative estimate of drug-likeness (QED) is 0.897. The van der Waals surface area contributed by atoms with E-state index in [9.17, 15) is 5.11 Å². The van der Waals surface area contributed by atoms with Crippen LogP contribution in [0.15, 0.2) is 15.9 Å². The molecule has 1 unspecified atom stereocenters. The molecule has 1 aromatic heterocycles. The topological polar surface area (TPSA) is 23.5 Å². The summed E-state index contributed by atoms with van der Waals surface area (Å²) in [5, 5.41) is 11.6. The maximum atomic E-state index is 9.52. The molecule has 0 radical (unpaired) electrons. The molecule has 1 fully saturated rings. The molecule has 0 saturated carbocycles. The molecule has 2 rings (SSSR count). The molecular formula is C10H14BrNOS. The van der Waals surface area contributed by atoms with Gasteiger partial charge >= 0.3 is 0 Å². The van der Waals surface area contributed by atoms with Crippen molar-refractivity contribution in [3.05, 3.63) is 20.8 Å². The van der Waals surface area contributed by atoms with Gasteiger partial charge in [0.15, 0.2) is 0 Å². The molecule has 0 spiro atoms. The molecule has 2 heterocycles. The lowest BCUT2D eigenvalue weighted by Crippen LogP contribution is -2.37. The van der Waals surface area contributed by atoms with Gasteiger partial charge in [0.25, 0.3) is 0 Å². The summed E-state index contributed by atoms with van der Waals surface area (Å²) in [6.07, 6.45) is 1.96. The number of piperidine rings is 1. The summed E-state index contributed by atoms with van der Waals surface area (Å²) in [6.45, 7) is 2.93. The van der Waals surface area contributed by atoms with Gasteiger partial charge in [0.05, 0.1) is 6.10 Å². The Morgan fingerprint density at radius 1 is 1.64 bits per heavy atom. The molecule has 14 heavy (non-hydrogen) atoms. The first-order valence-corrected chi connectivity index (χ1v) is 6.54. The summed E-state index contributed by atoms with van der Waals surface area (Å²) in [5.41, 5.74) is 0. The highest BCUT2D eigenvalue weighted by Gasteiger charge is 2.17. The first kappa shape index (κ1) is 10.6. The van der Waals surface area contributed by atoms with Crippen molar-refractivity contribution in [1.29, 1.82) is 0 Å². The van der Waals surface area contributed by atoms with Crippen LogP contribution in [0.2, 0.25) is 0 Å². The minimum absolute atomic E-state index is 0.118. The summed E-state index contributed by atoms with van der Waals surface area (Å²) in [6, 6.07) is 2.16. The van der Waals surface area contributed by atoms with Gasteiger partial charge in [-0.15, -0.1) is 11.3 Å². The number of aliphatic hydroxyl groups excluding tert-OH is 1. The number of hydrogen-bond acceptors (Lipinski definition) is 3. The number of aliphatic hydroxyl groups is 1. The average molecular weight is 276 g/mol. The van der Waals surface area contributed by atoms with E-state index in [0.717, 1.165) is 36.9 Å². The van der Waals surface area contributed by atoms with Gasteiger partial charge < -0.3 is 5.11 Å². The maximum absolute atomic E-state index is 9.52. The molecule has 78 valence electrons. The van der Waals surface area contributed by atoms with Crippen LogP contribution in [-0.2, 0) is 6.54 Å². The number of hydrogen-bond donors (Lipinski definition) is 1. The van der Waals surface area contributed by atoms with Crippen LogP contribution in [-0.4, -0.2) is 29.2 Å². The lowest BCUT2D eigenvalue weighted by Gasteiger charge is -2.29. The van der Waals surface area contributed by atoms with E-state index < -0.39 is 0 Å². The van der Waals surface area contributed by atoms with Crippen molar-refractivity contribution in [3.8, 4) is 0 Å². The highest BCUT2D eigenvalue weighted by molar-refractivity contribution is 9.10. The fourth-order valence-electron chi connectivity index (χ4n) is 1.83. The largest absolute Gasteiger partial charge is 0.392 e. The predicted octanol–water partition coefficient (Wildman–Crippen LogP) is 2.47. The summed E-state index contributed by atoms with van der Waals surface area (Å²) < 4.78 is 1.16. The van der Waals surface area contributed by atoms with Crippen LogP contribution in [0.5, 0.6) is 0 Å². The van der Waals surface area contributed by atoms with Crippen LogP contribution in [0.4, 0.5) is 0 Å². The molecule has 1 aliphatic rings. The van der Waals surface area contributed by atoms with E-state index in [1.807, 2.05) is 0 Å². The van der Waals surface area contributed by atoms with Gasteiger partial charge in [-0.2, -0.15) is 0 Å². The SMILES string of the molecule is OC1CCCN(Cc2cc(Br)cs2)C1. The Kier molecular flexibility index (Phi) is 3.60. The van der Waals surface area contributed by atoms with Crippen LogP contribution in [0, 0.1) is 0 Å². The second-order valence-corrected chi connectivity index (χ2v) is 5.67. The van der Waals surface area contributed by atoms with Crippen LogP contribution in [0.1, 0.15) is 17.7 Å². The van der Waals surface area contributed by atoms with E-state index in [1.165, 1.54) is 4.88 Å². The van der Waals surface area contributed by atoms with Gasteiger partial charge in [-0.3, -0.25) is 4.90 Å². The average Bonchev–Trinajstić information content (AvgIpc) is 2.51. The third-order valence-corrected chi connectivity index (χ3v) is 4.16. The lowest BCUT2D eigenvalue weighted by atomic mass is 10.1. The number of β-amino-alcohol motifs (C(OH)–C–C–N with tert-alkyl or cyclic N) is 1. The zero-order chi connectivity index (χ0) is 9.97. The standard InChI is InChI=1S/C10H14BrNOS/c11-8-4-10(14-7-8)6-12-3-1-2-9(13)5-12/h4,7,9,13H,1-3,5-6H2. The molecule has 0 bridgehead atoms. The first-order valence-electron chi connectivity index (χ1n) is 4.87. The Bertz CT molecular complexity index is 302. The minimum Gasteiger partial charge on any atom is -0.392 e. The highest BCUT2D eigenvalue weighted by Crippen LogP contribution is 2.22. The molecule has 4 heteroatoms. The summed E-state index contributed by atoms with van der Waals surface area (Å²) in [4.78, 5) is 3.69. The number of nitrogens with zero attached hydrogens (tertiary/aromatic N) is 1. The molecule has 0 aliphatic carbocycles. The van der Waals surface area contributed by atoms with Gasteiger partial charge in [0.2, 0.25) is 0 Å².